The lowest BCUT2D eigenvalue weighted by Gasteiger charge is -2.40. The van der Waals surface area contributed by atoms with Gasteiger partial charge >= 0.3 is 0 Å². The van der Waals surface area contributed by atoms with Crippen LogP contribution in [0.1, 0.15) is 64.2 Å². The average molecular weight is 426 g/mol. The van der Waals surface area contributed by atoms with Gasteiger partial charge in [-0.2, -0.15) is 0 Å². The van der Waals surface area contributed by atoms with Crippen LogP contribution < -0.4 is 15.5 Å². The molecular weight excluding hydrogens is 388 g/mol. The first kappa shape index (κ1) is 21.3. The molecule has 2 aliphatic rings. The second-order valence-corrected chi connectivity index (χ2v) is 12.5. The van der Waals surface area contributed by atoms with Gasteiger partial charge < -0.3 is 4.90 Å². The van der Waals surface area contributed by atoms with Crippen LogP contribution in [-0.4, -0.2) is 25.4 Å². The van der Waals surface area contributed by atoms with Crippen LogP contribution in [0.5, 0.6) is 0 Å². The molecule has 2 fully saturated rings. The van der Waals surface area contributed by atoms with Gasteiger partial charge in [-0.25, -0.2) is 0 Å². The predicted molar refractivity (Wildman–Crippen MR) is 136 cm³/mol. The topological polar surface area (TPSA) is 3.24 Å². The van der Waals surface area contributed by atoms with Crippen molar-refractivity contribution in [3.05, 3.63) is 42.5 Å². The summed E-state index contributed by atoms with van der Waals surface area (Å²) in [4.78, 5) is 2.28. The van der Waals surface area contributed by atoms with Crippen molar-refractivity contribution in [2.24, 2.45) is 0 Å². The largest absolute Gasteiger partial charge is 0.377 e. The van der Waals surface area contributed by atoms with Crippen molar-refractivity contribution in [3.63, 3.8) is 0 Å². The Morgan fingerprint density at radius 3 is 1.86 bits per heavy atom. The normalized spacial score (nSPS) is 18.9. The summed E-state index contributed by atoms with van der Waals surface area (Å²) in [6.07, 6.45) is 14.5. The Bertz CT molecular complexity index is 786. The molecule has 1 atom stereocenters. The molecular formula is C26H37NP2. The fourth-order valence-corrected chi connectivity index (χ4v) is 10.3. The van der Waals surface area contributed by atoms with Gasteiger partial charge in [0.15, 0.2) is 0 Å². The lowest BCUT2D eigenvalue weighted by Crippen LogP contribution is -2.32. The molecule has 3 heteroatoms. The van der Waals surface area contributed by atoms with E-state index >= 15 is 0 Å². The second kappa shape index (κ2) is 9.94. The smallest absolute Gasteiger partial charge is 0.0440 e. The third-order valence-corrected chi connectivity index (χ3v) is 11.3. The molecule has 29 heavy (non-hydrogen) atoms. The predicted octanol–water partition coefficient (Wildman–Crippen LogP) is 6.69. The number of para-hydroxylation sites is 1. The van der Waals surface area contributed by atoms with Crippen molar-refractivity contribution in [2.45, 2.75) is 75.5 Å². The average Bonchev–Trinajstić information content (AvgIpc) is 2.76. The SMILES string of the molecule is CN(C)c1ccccc1-c1cccc(P)c1P(C1CCCCC1)C1CCCCC1. The molecule has 0 aliphatic heterocycles. The molecule has 2 aliphatic carbocycles. The highest BCUT2D eigenvalue weighted by atomic mass is 31.1. The van der Waals surface area contributed by atoms with Crippen LogP contribution in [0.4, 0.5) is 5.69 Å². The molecule has 156 valence electrons. The van der Waals surface area contributed by atoms with Crippen molar-refractivity contribution < 1.29 is 0 Å². The summed E-state index contributed by atoms with van der Waals surface area (Å²) >= 11 is 0. The third kappa shape index (κ3) is 4.73. The highest BCUT2D eigenvalue weighted by Crippen LogP contribution is 2.56. The third-order valence-electron chi connectivity index (χ3n) is 6.94. The fraction of sp³-hybridized carbons (Fsp3) is 0.538. The van der Waals surface area contributed by atoms with Crippen LogP contribution in [0, 0.1) is 0 Å². The molecule has 0 N–H and O–H groups in total. The summed E-state index contributed by atoms with van der Waals surface area (Å²) in [6, 6.07) is 16.0. The fourth-order valence-electron chi connectivity index (χ4n) is 5.54. The van der Waals surface area contributed by atoms with Crippen molar-refractivity contribution in [2.75, 3.05) is 19.0 Å². The van der Waals surface area contributed by atoms with Crippen molar-refractivity contribution in [3.8, 4) is 11.1 Å². The number of rotatable bonds is 5. The van der Waals surface area contributed by atoms with E-state index in [0.717, 1.165) is 11.3 Å². The Morgan fingerprint density at radius 2 is 1.28 bits per heavy atom. The highest BCUT2D eigenvalue weighted by molar-refractivity contribution is 7.68. The van der Waals surface area contributed by atoms with Gasteiger partial charge in [0.1, 0.15) is 0 Å². The highest BCUT2D eigenvalue weighted by Gasteiger charge is 2.34. The van der Waals surface area contributed by atoms with E-state index in [0.29, 0.717) is 0 Å². The van der Waals surface area contributed by atoms with Crippen LogP contribution in [0.3, 0.4) is 0 Å². The standard InChI is InChI=1S/C26H37NP2/c1-27(2)24-18-10-9-16-22(24)23-17-11-19-25(28)26(23)29(20-12-5-3-6-13-20)21-14-7-4-8-15-21/h9-11,16-21H,3-8,12-15,28H2,1-2H3. The number of nitrogens with zero attached hydrogens (tertiary/aromatic N) is 1. The number of anilines is 1. The summed E-state index contributed by atoms with van der Waals surface area (Å²) in [5.41, 5.74) is 6.11. The molecule has 0 spiro atoms. The maximum atomic E-state index is 3.12. The Kier molecular flexibility index (Phi) is 7.31. The molecule has 0 aromatic heterocycles. The van der Waals surface area contributed by atoms with Gasteiger partial charge in [0.05, 0.1) is 0 Å². The lowest BCUT2D eigenvalue weighted by atomic mass is 9.99. The molecule has 0 bridgehead atoms. The van der Waals surface area contributed by atoms with E-state index in [2.05, 4.69) is 70.7 Å². The Hall–Kier alpha value is -0.900. The Morgan fingerprint density at radius 1 is 0.724 bits per heavy atom. The Balaban J connectivity index is 1.85. The van der Waals surface area contributed by atoms with E-state index in [1.54, 1.807) is 5.30 Å². The van der Waals surface area contributed by atoms with Crippen LogP contribution in [0.2, 0.25) is 0 Å². The van der Waals surface area contributed by atoms with E-state index in [1.165, 1.54) is 86.3 Å². The van der Waals surface area contributed by atoms with Crippen molar-refractivity contribution in [1.82, 2.24) is 0 Å². The molecule has 4 rings (SSSR count). The monoisotopic (exact) mass is 425 g/mol. The van der Waals surface area contributed by atoms with Crippen LogP contribution in [0.15, 0.2) is 42.5 Å². The molecule has 0 heterocycles. The summed E-state index contributed by atoms with van der Waals surface area (Å²) in [7, 11) is 7.34. The molecule has 0 saturated heterocycles. The van der Waals surface area contributed by atoms with Crippen LogP contribution in [0.25, 0.3) is 11.1 Å². The van der Waals surface area contributed by atoms with Crippen molar-refractivity contribution >= 4 is 33.5 Å². The van der Waals surface area contributed by atoms with E-state index in [1.807, 2.05) is 0 Å². The second-order valence-electron chi connectivity index (χ2n) is 9.15. The minimum atomic E-state index is -0.128. The number of hydrogen-bond donors (Lipinski definition) is 0. The van der Waals surface area contributed by atoms with E-state index in [9.17, 15) is 0 Å². The first-order chi connectivity index (χ1) is 14.2. The Labute approximate surface area is 181 Å². The van der Waals surface area contributed by atoms with Gasteiger partial charge in [-0.1, -0.05) is 82.8 Å². The van der Waals surface area contributed by atoms with Gasteiger partial charge in [-0.3, -0.25) is 0 Å². The zero-order chi connectivity index (χ0) is 20.2. The van der Waals surface area contributed by atoms with Gasteiger partial charge in [-0.15, -0.1) is 9.24 Å². The zero-order valence-corrected chi connectivity index (χ0v) is 20.3. The summed E-state index contributed by atoms with van der Waals surface area (Å²) in [5, 5.41) is 3.17. The maximum Gasteiger partial charge on any atom is 0.0440 e. The van der Waals surface area contributed by atoms with Crippen molar-refractivity contribution in [1.29, 1.82) is 0 Å². The van der Waals surface area contributed by atoms with Crippen LogP contribution in [-0.2, 0) is 0 Å². The number of benzene rings is 2. The van der Waals surface area contributed by atoms with Crippen LogP contribution >= 0.6 is 17.2 Å². The van der Waals surface area contributed by atoms with Gasteiger partial charge in [0.2, 0.25) is 0 Å². The van der Waals surface area contributed by atoms with E-state index in [4.69, 9.17) is 0 Å². The lowest BCUT2D eigenvalue weighted by molar-refractivity contribution is 0.487. The minimum Gasteiger partial charge on any atom is -0.377 e. The molecule has 2 aromatic carbocycles. The summed E-state index contributed by atoms with van der Waals surface area (Å²) in [6.45, 7) is 0. The van der Waals surface area contributed by atoms with E-state index in [-0.39, 0.29) is 7.92 Å². The molecule has 1 nitrogen and oxygen atoms in total. The van der Waals surface area contributed by atoms with E-state index < -0.39 is 0 Å². The molecule has 2 saturated carbocycles. The van der Waals surface area contributed by atoms with Gasteiger partial charge in [0.25, 0.3) is 0 Å². The molecule has 0 amide bonds. The minimum absolute atomic E-state index is 0.128. The maximum absolute atomic E-state index is 3.12. The summed E-state index contributed by atoms with van der Waals surface area (Å²) in [5.74, 6) is 0. The number of hydrogen-bond acceptors (Lipinski definition) is 1. The first-order valence-electron chi connectivity index (χ1n) is 11.6. The molecule has 0 radical (unpaired) electrons. The van der Waals surface area contributed by atoms with Gasteiger partial charge in [-0.05, 0) is 59.2 Å². The summed E-state index contributed by atoms with van der Waals surface area (Å²) < 4.78 is 0. The zero-order valence-electron chi connectivity index (χ0n) is 18.2. The molecule has 1 unspecified atom stereocenters. The first-order valence-corrected chi connectivity index (χ1v) is 13.7. The van der Waals surface area contributed by atoms with Gasteiger partial charge in [0, 0.05) is 25.3 Å². The quantitative estimate of drug-likeness (QED) is 0.482. The molecule has 2 aromatic rings.